The summed E-state index contributed by atoms with van der Waals surface area (Å²) in [4.78, 5) is 23.8. The summed E-state index contributed by atoms with van der Waals surface area (Å²) < 4.78 is 1.70. The van der Waals surface area contributed by atoms with E-state index in [1.807, 2.05) is 48.7 Å². The molecule has 1 heterocycles. The number of rotatable bonds is 8. The fraction of sp³-hybridized carbons (Fsp3) is 0.143. The Balaban J connectivity index is 1.51. The zero-order chi connectivity index (χ0) is 19.8. The van der Waals surface area contributed by atoms with Crippen molar-refractivity contribution in [3.05, 3.63) is 79.0 Å². The largest absolute Gasteiger partial charge is 0.354 e. The zero-order valence-electron chi connectivity index (χ0n) is 15.3. The van der Waals surface area contributed by atoms with Crippen molar-refractivity contribution in [2.45, 2.75) is 13.0 Å². The molecule has 2 N–H and O–H groups in total. The molecule has 0 aliphatic heterocycles. The van der Waals surface area contributed by atoms with Gasteiger partial charge in [0.25, 0.3) is 0 Å². The lowest BCUT2D eigenvalue weighted by Crippen LogP contribution is -2.29. The summed E-state index contributed by atoms with van der Waals surface area (Å²) >= 11 is 0. The van der Waals surface area contributed by atoms with Gasteiger partial charge in [-0.1, -0.05) is 60.3 Å². The highest BCUT2D eigenvalue weighted by atomic mass is 16.2. The minimum atomic E-state index is -0.312. The van der Waals surface area contributed by atoms with Gasteiger partial charge < -0.3 is 10.6 Å². The van der Waals surface area contributed by atoms with Crippen LogP contribution in [0.5, 0.6) is 0 Å². The summed E-state index contributed by atoms with van der Waals surface area (Å²) in [6.45, 7) is 4.38. The first-order valence-corrected chi connectivity index (χ1v) is 8.89. The smallest absolute Gasteiger partial charge is 0.247 e. The molecule has 2 aromatic carbocycles. The molecule has 0 fully saturated rings. The second-order valence-electron chi connectivity index (χ2n) is 6.11. The molecule has 0 aliphatic rings. The second-order valence-corrected chi connectivity index (χ2v) is 6.11. The summed E-state index contributed by atoms with van der Waals surface area (Å²) in [6.07, 6.45) is 3.21. The minimum absolute atomic E-state index is 0.135. The van der Waals surface area contributed by atoms with Crippen LogP contribution in [0.4, 0.5) is 5.69 Å². The number of benzene rings is 2. The van der Waals surface area contributed by atoms with Crippen molar-refractivity contribution >= 4 is 17.5 Å². The van der Waals surface area contributed by atoms with Gasteiger partial charge in [0.15, 0.2) is 0 Å². The van der Waals surface area contributed by atoms with Gasteiger partial charge in [-0.25, -0.2) is 0 Å². The first kappa shape index (κ1) is 19.0. The minimum Gasteiger partial charge on any atom is -0.354 e. The molecule has 0 aliphatic carbocycles. The van der Waals surface area contributed by atoms with Crippen molar-refractivity contribution < 1.29 is 9.59 Å². The Morgan fingerprint density at radius 2 is 1.82 bits per heavy atom. The van der Waals surface area contributed by atoms with Gasteiger partial charge in [-0.05, 0) is 17.7 Å². The molecule has 1 aromatic heterocycles. The number of aromatic nitrogens is 3. The molecule has 2 amide bonds. The van der Waals surface area contributed by atoms with Gasteiger partial charge in [0.1, 0.15) is 5.69 Å². The van der Waals surface area contributed by atoms with E-state index in [0.29, 0.717) is 18.8 Å². The van der Waals surface area contributed by atoms with Crippen molar-refractivity contribution in [1.82, 2.24) is 20.3 Å². The van der Waals surface area contributed by atoms with E-state index in [9.17, 15) is 9.59 Å². The van der Waals surface area contributed by atoms with Crippen molar-refractivity contribution in [1.29, 1.82) is 0 Å². The number of hydrogen-bond acceptors (Lipinski definition) is 4. The van der Waals surface area contributed by atoms with Crippen molar-refractivity contribution in [3.63, 3.8) is 0 Å². The maximum atomic E-state index is 12.2. The lowest BCUT2D eigenvalue weighted by Gasteiger charge is -2.10. The van der Waals surface area contributed by atoms with E-state index in [-0.39, 0.29) is 18.2 Å². The summed E-state index contributed by atoms with van der Waals surface area (Å²) in [5, 5.41) is 13.8. The standard InChI is InChI=1S/C21H21N5O2/c1-2-20(27)23-18-11-7-6-10-17(18)14-21(28)22-12-13-26-15-19(24-25-26)16-8-4-3-5-9-16/h2-11,15H,1,12-14H2,(H,22,28)(H,23,27). The molecule has 3 aromatic rings. The highest BCUT2D eigenvalue weighted by Crippen LogP contribution is 2.16. The molecule has 0 spiro atoms. The summed E-state index contributed by atoms with van der Waals surface area (Å²) in [7, 11) is 0. The van der Waals surface area contributed by atoms with E-state index in [0.717, 1.165) is 16.8 Å². The number of amides is 2. The third kappa shape index (κ3) is 5.14. The fourth-order valence-electron chi connectivity index (χ4n) is 2.67. The average Bonchev–Trinajstić information content (AvgIpc) is 3.19. The Morgan fingerprint density at radius 1 is 1.07 bits per heavy atom. The van der Waals surface area contributed by atoms with Crippen LogP contribution < -0.4 is 10.6 Å². The van der Waals surface area contributed by atoms with Crippen LogP contribution in [0.1, 0.15) is 5.56 Å². The zero-order valence-corrected chi connectivity index (χ0v) is 15.3. The van der Waals surface area contributed by atoms with Gasteiger partial charge in [0, 0.05) is 17.8 Å². The SMILES string of the molecule is C=CC(=O)Nc1ccccc1CC(=O)NCCn1cc(-c2ccccc2)nn1. The Hall–Kier alpha value is -3.74. The van der Waals surface area contributed by atoms with Crippen LogP contribution in [0.2, 0.25) is 0 Å². The molecule has 0 bridgehead atoms. The van der Waals surface area contributed by atoms with E-state index >= 15 is 0 Å². The predicted molar refractivity (Wildman–Crippen MR) is 107 cm³/mol. The third-order valence-corrected chi connectivity index (χ3v) is 4.08. The Kier molecular flexibility index (Phi) is 6.30. The quantitative estimate of drug-likeness (QED) is 0.592. The van der Waals surface area contributed by atoms with Crippen LogP contribution in [-0.2, 0) is 22.6 Å². The number of nitrogens with zero attached hydrogens (tertiary/aromatic N) is 3. The summed E-state index contributed by atoms with van der Waals surface area (Å²) in [5.41, 5.74) is 3.13. The topological polar surface area (TPSA) is 88.9 Å². The molecule has 0 saturated heterocycles. The molecular weight excluding hydrogens is 354 g/mol. The average molecular weight is 375 g/mol. The monoisotopic (exact) mass is 375 g/mol. The number of carbonyl (C=O) groups excluding carboxylic acids is 2. The van der Waals surface area contributed by atoms with Gasteiger partial charge in [-0.3, -0.25) is 14.3 Å². The predicted octanol–water partition coefficient (Wildman–Crippen LogP) is 2.43. The molecule has 0 unspecified atom stereocenters. The first-order valence-electron chi connectivity index (χ1n) is 8.89. The molecule has 0 atom stereocenters. The van der Waals surface area contributed by atoms with E-state index in [1.165, 1.54) is 6.08 Å². The van der Waals surface area contributed by atoms with E-state index in [1.54, 1.807) is 16.8 Å². The van der Waals surface area contributed by atoms with Crippen molar-refractivity contribution in [3.8, 4) is 11.3 Å². The third-order valence-electron chi connectivity index (χ3n) is 4.08. The Bertz CT molecular complexity index is 966. The van der Waals surface area contributed by atoms with Gasteiger partial charge in [0.2, 0.25) is 11.8 Å². The van der Waals surface area contributed by atoms with Crippen molar-refractivity contribution in [2.24, 2.45) is 0 Å². The highest BCUT2D eigenvalue weighted by molar-refractivity contribution is 5.99. The van der Waals surface area contributed by atoms with E-state index in [2.05, 4.69) is 27.5 Å². The van der Waals surface area contributed by atoms with Gasteiger partial charge in [-0.15, -0.1) is 5.10 Å². The molecule has 0 radical (unpaired) electrons. The van der Waals surface area contributed by atoms with Gasteiger partial charge in [0.05, 0.1) is 19.2 Å². The number of hydrogen-bond donors (Lipinski definition) is 2. The second kappa shape index (κ2) is 9.27. The highest BCUT2D eigenvalue weighted by Gasteiger charge is 2.09. The molecular formula is C21H21N5O2. The Morgan fingerprint density at radius 3 is 2.61 bits per heavy atom. The molecule has 142 valence electrons. The van der Waals surface area contributed by atoms with Gasteiger partial charge in [-0.2, -0.15) is 0 Å². The van der Waals surface area contributed by atoms with Crippen LogP contribution in [0.25, 0.3) is 11.3 Å². The normalized spacial score (nSPS) is 10.3. The molecule has 0 saturated carbocycles. The van der Waals surface area contributed by atoms with E-state index < -0.39 is 0 Å². The van der Waals surface area contributed by atoms with Crippen LogP contribution in [0.3, 0.4) is 0 Å². The number of carbonyl (C=O) groups is 2. The number of para-hydroxylation sites is 1. The van der Waals surface area contributed by atoms with E-state index in [4.69, 9.17) is 0 Å². The van der Waals surface area contributed by atoms with Crippen molar-refractivity contribution in [2.75, 3.05) is 11.9 Å². The molecule has 28 heavy (non-hydrogen) atoms. The van der Waals surface area contributed by atoms with Gasteiger partial charge >= 0.3 is 0 Å². The molecule has 7 heteroatoms. The van der Waals surface area contributed by atoms with Crippen LogP contribution in [0, 0.1) is 0 Å². The fourth-order valence-corrected chi connectivity index (χ4v) is 2.67. The van der Waals surface area contributed by atoms with Crippen LogP contribution in [-0.4, -0.2) is 33.4 Å². The maximum absolute atomic E-state index is 12.2. The number of anilines is 1. The Labute approximate surface area is 163 Å². The maximum Gasteiger partial charge on any atom is 0.247 e. The lowest BCUT2D eigenvalue weighted by atomic mass is 10.1. The molecule has 7 nitrogen and oxygen atoms in total. The lowest BCUT2D eigenvalue weighted by molar-refractivity contribution is -0.120. The summed E-state index contributed by atoms with van der Waals surface area (Å²) in [5.74, 6) is -0.447. The first-order chi connectivity index (χ1) is 13.7. The van der Waals surface area contributed by atoms with Crippen LogP contribution >= 0.6 is 0 Å². The summed E-state index contributed by atoms with van der Waals surface area (Å²) in [6, 6.07) is 17.0. The number of nitrogens with one attached hydrogen (secondary N) is 2. The molecule has 3 rings (SSSR count). The van der Waals surface area contributed by atoms with Crippen LogP contribution in [0.15, 0.2) is 73.4 Å².